The van der Waals surface area contributed by atoms with Gasteiger partial charge in [-0.2, -0.15) is 9.90 Å². The number of hydrogen-bond acceptors (Lipinski definition) is 2. The van der Waals surface area contributed by atoms with Gasteiger partial charge in [0.05, 0.1) is 11.2 Å². The van der Waals surface area contributed by atoms with Gasteiger partial charge in [0, 0.05) is 10.9 Å². The monoisotopic (exact) mass is 454 g/mol. The van der Waals surface area contributed by atoms with Crippen LogP contribution in [-0.4, -0.2) is 9.97 Å². The van der Waals surface area contributed by atoms with Crippen molar-refractivity contribution in [2.45, 2.75) is 0 Å². The average molecular weight is 457 g/mol. The van der Waals surface area contributed by atoms with Crippen molar-refractivity contribution in [3.63, 3.8) is 0 Å². The molecule has 0 fully saturated rings. The molecule has 2 nitrogen and oxygen atoms in total. The Morgan fingerprint density at radius 3 is 1.78 bits per heavy atom. The summed E-state index contributed by atoms with van der Waals surface area (Å²) in [6, 6.07) is 17.9. The highest BCUT2D eigenvalue weighted by Crippen LogP contribution is 2.26. The lowest BCUT2D eigenvalue weighted by Crippen LogP contribution is -1.90. The predicted molar refractivity (Wildman–Crippen MR) is 117 cm³/mol. The number of fused-ring (bicyclic) bond motifs is 1. The van der Waals surface area contributed by atoms with Gasteiger partial charge in [0.2, 0.25) is 5.28 Å². The predicted octanol–water partition coefficient (Wildman–Crippen LogP) is 6.12. The minimum Gasteiger partial charge on any atom is -0.218 e. The van der Waals surface area contributed by atoms with E-state index in [1.165, 1.54) is 0 Å². The highest BCUT2D eigenvalue weighted by molar-refractivity contribution is 6.92. The Kier molecular flexibility index (Phi) is 19.2. The smallest absolute Gasteiger partial charge is 0.218 e. The van der Waals surface area contributed by atoms with Crippen LogP contribution in [0, 0.1) is 0 Å². The molecule has 0 amide bonds. The molecule has 23 heavy (non-hydrogen) atoms. The molecule has 3 rings (SSSR count). The maximum atomic E-state index is 5.95. The summed E-state index contributed by atoms with van der Waals surface area (Å²) in [6.45, 7) is 0. The van der Waals surface area contributed by atoms with Crippen molar-refractivity contribution < 1.29 is 0 Å². The highest BCUT2D eigenvalue weighted by atomic mass is 35.5. The fraction of sp³-hybridized carbons (Fsp3) is 0. The summed E-state index contributed by atoms with van der Waals surface area (Å²) in [5.74, 6) is 0. The van der Waals surface area contributed by atoms with E-state index in [1.54, 1.807) is 0 Å². The molecule has 0 saturated carbocycles. The van der Waals surface area contributed by atoms with Crippen molar-refractivity contribution in [1.29, 1.82) is 0 Å². The lowest BCUT2D eigenvalue weighted by Gasteiger charge is -2.05. The number of hydrogen-bond donors (Lipinski definition) is 0. The molecular formula is C14H17Cl6N2P. The Morgan fingerprint density at radius 1 is 0.652 bits per heavy atom. The minimum absolute atomic E-state index is 0. The van der Waals surface area contributed by atoms with E-state index in [1.807, 2.05) is 54.6 Å². The number of rotatable bonds is 1. The van der Waals surface area contributed by atoms with E-state index in [0.717, 1.165) is 22.2 Å². The van der Waals surface area contributed by atoms with Crippen LogP contribution >= 0.6 is 83.5 Å². The van der Waals surface area contributed by atoms with Crippen LogP contribution in [0.2, 0.25) is 5.28 Å². The van der Waals surface area contributed by atoms with Gasteiger partial charge in [-0.05, 0) is 17.7 Å². The van der Waals surface area contributed by atoms with E-state index in [0.29, 0.717) is 0 Å². The van der Waals surface area contributed by atoms with Gasteiger partial charge < -0.3 is 0 Å². The fourth-order valence-corrected chi connectivity index (χ4v) is 2.04. The normalized spacial score (nSPS) is 7.87. The molecule has 3 aromatic rings. The molecule has 0 N–H and O–H groups in total. The van der Waals surface area contributed by atoms with E-state index in [4.69, 9.17) is 11.6 Å². The zero-order valence-electron chi connectivity index (χ0n) is 11.7. The quantitative estimate of drug-likeness (QED) is 0.326. The van der Waals surface area contributed by atoms with Crippen molar-refractivity contribution in [2.75, 3.05) is 0 Å². The van der Waals surface area contributed by atoms with Gasteiger partial charge in [-0.3, -0.25) is 0 Å². The summed E-state index contributed by atoms with van der Waals surface area (Å²) in [5.41, 5.74) is 2.79. The molecule has 9 heteroatoms. The molecule has 0 aliphatic carbocycles. The first-order chi connectivity index (χ1) is 8.34. The van der Waals surface area contributed by atoms with Gasteiger partial charge in [0.1, 0.15) is 0 Å². The van der Waals surface area contributed by atoms with Gasteiger partial charge in [-0.1, -0.05) is 48.5 Å². The molecule has 0 saturated heterocycles. The van der Waals surface area contributed by atoms with Crippen LogP contribution in [-0.2, 0) is 0 Å². The molecule has 1 heterocycles. The van der Waals surface area contributed by atoms with Crippen molar-refractivity contribution >= 4 is 94.4 Å². The van der Waals surface area contributed by atoms with Crippen LogP contribution in [0.5, 0.6) is 0 Å². The summed E-state index contributed by atoms with van der Waals surface area (Å²) < 4.78 is 0. The van der Waals surface area contributed by atoms with Gasteiger partial charge >= 0.3 is 0 Å². The SMILES string of the molecule is Cl.Cl.Cl.Cl.Cl.Clc1nc(-c2ccccc2)c2ccccc2n1.P. The number of halogens is 6. The third-order valence-electron chi connectivity index (χ3n) is 2.62. The molecule has 130 valence electrons. The van der Waals surface area contributed by atoms with E-state index in [2.05, 4.69) is 9.97 Å². The van der Waals surface area contributed by atoms with E-state index >= 15 is 0 Å². The maximum Gasteiger partial charge on any atom is 0.223 e. The number of para-hydroxylation sites is 1. The van der Waals surface area contributed by atoms with E-state index < -0.39 is 0 Å². The summed E-state index contributed by atoms with van der Waals surface area (Å²) in [5, 5.41) is 1.30. The lowest BCUT2D eigenvalue weighted by atomic mass is 10.1. The second-order valence-electron chi connectivity index (χ2n) is 3.72. The van der Waals surface area contributed by atoms with Crippen LogP contribution < -0.4 is 0 Å². The number of aromatic nitrogens is 2. The summed E-state index contributed by atoms with van der Waals surface area (Å²) >= 11 is 5.95. The summed E-state index contributed by atoms with van der Waals surface area (Å²) in [7, 11) is 0. The molecule has 1 unspecified atom stereocenters. The first kappa shape index (κ1) is 30.8. The fourth-order valence-electron chi connectivity index (χ4n) is 1.86. The van der Waals surface area contributed by atoms with Crippen LogP contribution in [0.25, 0.3) is 22.2 Å². The molecule has 0 spiro atoms. The average Bonchev–Trinajstić information content (AvgIpc) is 2.39. The Labute approximate surface area is 174 Å². The largest absolute Gasteiger partial charge is 0.223 e. The molecule has 0 aliphatic heterocycles. The Balaban J connectivity index is -0.000000301. The molecule has 0 radical (unpaired) electrons. The Morgan fingerprint density at radius 2 is 1.17 bits per heavy atom. The Bertz CT molecular complexity index is 684. The van der Waals surface area contributed by atoms with Gasteiger partial charge in [-0.15, -0.1) is 62.0 Å². The van der Waals surface area contributed by atoms with Crippen molar-refractivity contribution in [1.82, 2.24) is 9.97 Å². The van der Waals surface area contributed by atoms with Gasteiger partial charge in [-0.25, -0.2) is 9.97 Å². The maximum absolute atomic E-state index is 5.95. The van der Waals surface area contributed by atoms with Crippen LogP contribution in [0.4, 0.5) is 0 Å². The van der Waals surface area contributed by atoms with Crippen LogP contribution in [0.15, 0.2) is 54.6 Å². The topological polar surface area (TPSA) is 25.8 Å². The second kappa shape index (κ2) is 14.3. The third kappa shape index (κ3) is 7.15. The standard InChI is InChI=1S/C14H9ClN2.5ClH.H3P/c15-14-16-12-9-5-4-8-11(12)13(17-14)10-6-2-1-3-7-10;;;;;;/h1-9H;5*1H;1H3. The second-order valence-corrected chi connectivity index (χ2v) is 4.06. The van der Waals surface area contributed by atoms with Crippen molar-refractivity contribution in [3.05, 3.63) is 59.9 Å². The molecule has 0 aliphatic rings. The summed E-state index contributed by atoms with van der Waals surface area (Å²) in [4.78, 5) is 8.54. The zero-order chi connectivity index (χ0) is 11.7. The highest BCUT2D eigenvalue weighted by Gasteiger charge is 2.07. The molecular weight excluding hydrogens is 440 g/mol. The van der Waals surface area contributed by atoms with E-state index in [9.17, 15) is 0 Å². The molecule has 0 bridgehead atoms. The molecule has 2 aromatic carbocycles. The Hall–Kier alpha value is -0.0500. The van der Waals surface area contributed by atoms with Crippen LogP contribution in [0.1, 0.15) is 0 Å². The van der Waals surface area contributed by atoms with Crippen LogP contribution in [0.3, 0.4) is 0 Å². The van der Waals surface area contributed by atoms with Gasteiger partial charge in [0.25, 0.3) is 0 Å². The first-order valence-corrected chi connectivity index (χ1v) is 5.70. The van der Waals surface area contributed by atoms with Crippen molar-refractivity contribution in [3.8, 4) is 11.3 Å². The van der Waals surface area contributed by atoms with Crippen molar-refractivity contribution in [2.24, 2.45) is 0 Å². The van der Waals surface area contributed by atoms with Gasteiger partial charge in [0.15, 0.2) is 0 Å². The minimum atomic E-state index is 0. The molecule has 1 aromatic heterocycles. The number of nitrogens with zero attached hydrogens (tertiary/aromatic N) is 2. The van der Waals surface area contributed by atoms with E-state index in [-0.39, 0.29) is 77.2 Å². The zero-order valence-corrected chi connectivity index (χ0v) is 18.0. The lowest BCUT2D eigenvalue weighted by molar-refractivity contribution is 1.22. The summed E-state index contributed by atoms with van der Waals surface area (Å²) in [6.07, 6.45) is 0. The molecule has 1 atom stereocenters. The first-order valence-electron chi connectivity index (χ1n) is 5.32. The number of benzene rings is 2. The third-order valence-corrected chi connectivity index (χ3v) is 2.79.